The molecule has 0 amide bonds. The first-order valence-corrected chi connectivity index (χ1v) is 5.98. The summed E-state index contributed by atoms with van der Waals surface area (Å²) >= 11 is 0. The van der Waals surface area contributed by atoms with Gasteiger partial charge in [0.2, 0.25) is 0 Å². The lowest BCUT2D eigenvalue weighted by atomic mass is 10.2. The minimum absolute atomic E-state index is 0.581. The van der Waals surface area contributed by atoms with Crippen molar-refractivity contribution in [1.82, 2.24) is 9.80 Å². The topological polar surface area (TPSA) is 32.5 Å². The van der Waals surface area contributed by atoms with E-state index in [0.717, 1.165) is 26.2 Å². The number of hydrogen-bond acceptors (Lipinski definition) is 3. The summed E-state index contributed by atoms with van der Waals surface area (Å²) in [5.41, 5.74) is 5.84. The van der Waals surface area contributed by atoms with Crippen LogP contribution in [-0.4, -0.2) is 55.1 Å². The molecule has 1 rings (SSSR count). The van der Waals surface area contributed by atoms with E-state index in [4.69, 9.17) is 5.73 Å². The van der Waals surface area contributed by atoms with Crippen LogP contribution in [-0.2, 0) is 0 Å². The molecule has 1 unspecified atom stereocenters. The Hall–Kier alpha value is -0.120. The molecule has 1 fully saturated rings. The number of nitrogens with two attached hydrogens (primary N) is 1. The van der Waals surface area contributed by atoms with Crippen molar-refractivity contribution in [3.63, 3.8) is 0 Å². The van der Waals surface area contributed by atoms with E-state index in [9.17, 15) is 0 Å². The molecule has 2 N–H and O–H groups in total. The van der Waals surface area contributed by atoms with Crippen LogP contribution in [0.4, 0.5) is 0 Å². The van der Waals surface area contributed by atoms with Gasteiger partial charge in [0.25, 0.3) is 0 Å². The molecule has 1 aliphatic heterocycles. The molecule has 3 heteroatoms. The van der Waals surface area contributed by atoms with Gasteiger partial charge in [0, 0.05) is 19.1 Å². The van der Waals surface area contributed by atoms with Crippen molar-refractivity contribution < 1.29 is 0 Å². The summed E-state index contributed by atoms with van der Waals surface area (Å²) in [7, 11) is 0. The molecule has 84 valence electrons. The summed E-state index contributed by atoms with van der Waals surface area (Å²) in [5.74, 6) is 0. The first kappa shape index (κ1) is 12.0. The third kappa shape index (κ3) is 3.23. The zero-order valence-corrected chi connectivity index (χ0v) is 9.71. The van der Waals surface area contributed by atoms with Crippen LogP contribution < -0.4 is 5.73 Å². The van der Waals surface area contributed by atoms with Crippen LogP contribution in [0.1, 0.15) is 26.7 Å². The Morgan fingerprint density at radius 2 is 1.79 bits per heavy atom. The van der Waals surface area contributed by atoms with Crippen LogP contribution in [0.3, 0.4) is 0 Å². The molecular weight excluding hydrogens is 174 g/mol. The van der Waals surface area contributed by atoms with Gasteiger partial charge in [-0.2, -0.15) is 0 Å². The summed E-state index contributed by atoms with van der Waals surface area (Å²) in [6.07, 6.45) is 2.71. The van der Waals surface area contributed by atoms with E-state index in [0.29, 0.717) is 6.04 Å². The Labute approximate surface area is 88.2 Å². The van der Waals surface area contributed by atoms with Crippen molar-refractivity contribution in [2.45, 2.75) is 32.7 Å². The third-order valence-corrected chi connectivity index (χ3v) is 3.29. The van der Waals surface area contributed by atoms with Crippen molar-refractivity contribution in [2.24, 2.45) is 5.73 Å². The summed E-state index contributed by atoms with van der Waals surface area (Å²) < 4.78 is 0. The van der Waals surface area contributed by atoms with Crippen molar-refractivity contribution in [3.05, 3.63) is 0 Å². The predicted molar refractivity (Wildman–Crippen MR) is 61.4 cm³/mol. The Kier molecular flexibility index (Phi) is 5.45. The number of likely N-dealkylation sites (N-methyl/N-ethyl adjacent to an activating group) is 1. The quantitative estimate of drug-likeness (QED) is 0.685. The van der Waals surface area contributed by atoms with Crippen molar-refractivity contribution in [2.75, 3.05) is 39.3 Å². The van der Waals surface area contributed by atoms with E-state index < -0.39 is 0 Å². The maximum atomic E-state index is 5.84. The zero-order valence-electron chi connectivity index (χ0n) is 9.71. The minimum Gasteiger partial charge on any atom is -0.329 e. The first-order valence-electron chi connectivity index (χ1n) is 5.98. The molecule has 1 aliphatic rings. The van der Waals surface area contributed by atoms with Gasteiger partial charge in [0.05, 0.1) is 0 Å². The predicted octanol–water partition coefficient (Wildman–Crippen LogP) is 0.751. The van der Waals surface area contributed by atoms with Crippen molar-refractivity contribution in [1.29, 1.82) is 0 Å². The lowest BCUT2D eigenvalue weighted by molar-refractivity contribution is 0.173. The van der Waals surface area contributed by atoms with Gasteiger partial charge in [-0.15, -0.1) is 0 Å². The Bertz CT molecular complexity index is 139. The SMILES string of the molecule is CCN(CC)CC(CN)N1CCCC1. The van der Waals surface area contributed by atoms with Gasteiger partial charge in [0.15, 0.2) is 0 Å². The molecule has 0 aromatic rings. The van der Waals surface area contributed by atoms with E-state index in [1.54, 1.807) is 0 Å². The summed E-state index contributed by atoms with van der Waals surface area (Å²) in [6, 6.07) is 0.581. The van der Waals surface area contributed by atoms with Crippen LogP contribution in [0, 0.1) is 0 Å². The molecule has 3 nitrogen and oxygen atoms in total. The second-order valence-electron chi connectivity index (χ2n) is 4.12. The Morgan fingerprint density at radius 1 is 1.21 bits per heavy atom. The van der Waals surface area contributed by atoms with E-state index >= 15 is 0 Å². The fourth-order valence-electron chi connectivity index (χ4n) is 2.23. The van der Waals surface area contributed by atoms with E-state index in [1.165, 1.54) is 25.9 Å². The highest BCUT2D eigenvalue weighted by Crippen LogP contribution is 2.12. The van der Waals surface area contributed by atoms with Gasteiger partial charge in [-0.25, -0.2) is 0 Å². The average molecular weight is 199 g/mol. The Balaban J connectivity index is 2.36. The maximum Gasteiger partial charge on any atom is 0.0345 e. The molecule has 0 spiro atoms. The van der Waals surface area contributed by atoms with Gasteiger partial charge in [-0.3, -0.25) is 4.90 Å². The normalized spacial score (nSPS) is 20.6. The summed E-state index contributed by atoms with van der Waals surface area (Å²) in [4.78, 5) is 5.02. The molecule has 1 saturated heterocycles. The summed E-state index contributed by atoms with van der Waals surface area (Å²) in [5, 5.41) is 0. The maximum absolute atomic E-state index is 5.84. The number of rotatable bonds is 6. The van der Waals surface area contributed by atoms with Gasteiger partial charge in [0.1, 0.15) is 0 Å². The molecule has 0 radical (unpaired) electrons. The zero-order chi connectivity index (χ0) is 10.4. The van der Waals surface area contributed by atoms with Crippen LogP contribution >= 0.6 is 0 Å². The minimum atomic E-state index is 0.581. The van der Waals surface area contributed by atoms with Gasteiger partial charge >= 0.3 is 0 Å². The highest BCUT2D eigenvalue weighted by atomic mass is 15.2. The molecule has 1 atom stereocenters. The van der Waals surface area contributed by atoms with Crippen LogP contribution in [0.5, 0.6) is 0 Å². The van der Waals surface area contributed by atoms with E-state index in [-0.39, 0.29) is 0 Å². The summed E-state index contributed by atoms with van der Waals surface area (Å²) in [6.45, 7) is 11.2. The molecule has 0 aliphatic carbocycles. The smallest absolute Gasteiger partial charge is 0.0345 e. The standard InChI is InChI=1S/C11H25N3/c1-3-13(4-2)10-11(9-12)14-7-5-6-8-14/h11H,3-10,12H2,1-2H3. The second-order valence-corrected chi connectivity index (χ2v) is 4.12. The van der Waals surface area contributed by atoms with Crippen LogP contribution in [0.2, 0.25) is 0 Å². The molecule has 1 heterocycles. The molecular formula is C11H25N3. The van der Waals surface area contributed by atoms with Gasteiger partial charge in [-0.1, -0.05) is 13.8 Å². The highest BCUT2D eigenvalue weighted by Gasteiger charge is 2.21. The molecule has 0 aromatic heterocycles. The average Bonchev–Trinajstić information content (AvgIpc) is 2.73. The lowest BCUT2D eigenvalue weighted by Crippen LogP contribution is -2.46. The third-order valence-electron chi connectivity index (χ3n) is 3.29. The highest BCUT2D eigenvalue weighted by molar-refractivity contribution is 4.79. The van der Waals surface area contributed by atoms with Gasteiger partial charge < -0.3 is 10.6 Å². The van der Waals surface area contributed by atoms with Crippen molar-refractivity contribution >= 4 is 0 Å². The lowest BCUT2D eigenvalue weighted by Gasteiger charge is -2.31. The molecule has 0 bridgehead atoms. The van der Waals surface area contributed by atoms with Crippen LogP contribution in [0.25, 0.3) is 0 Å². The van der Waals surface area contributed by atoms with Gasteiger partial charge in [-0.05, 0) is 39.0 Å². The van der Waals surface area contributed by atoms with Crippen LogP contribution in [0.15, 0.2) is 0 Å². The largest absolute Gasteiger partial charge is 0.329 e. The molecule has 0 saturated carbocycles. The fourth-order valence-corrected chi connectivity index (χ4v) is 2.23. The number of likely N-dealkylation sites (tertiary alicyclic amines) is 1. The van der Waals surface area contributed by atoms with E-state index in [2.05, 4.69) is 23.6 Å². The van der Waals surface area contributed by atoms with E-state index in [1.807, 2.05) is 0 Å². The number of hydrogen-bond donors (Lipinski definition) is 1. The Morgan fingerprint density at radius 3 is 2.21 bits per heavy atom. The molecule has 0 aromatic carbocycles. The number of nitrogens with zero attached hydrogens (tertiary/aromatic N) is 2. The fraction of sp³-hybridized carbons (Fsp3) is 1.00. The molecule has 14 heavy (non-hydrogen) atoms. The second kappa shape index (κ2) is 6.38. The monoisotopic (exact) mass is 199 g/mol. The first-order chi connectivity index (χ1) is 6.81. The van der Waals surface area contributed by atoms with Crippen molar-refractivity contribution in [3.8, 4) is 0 Å².